The Bertz CT molecular complexity index is 293. The zero-order valence-electron chi connectivity index (χ0n) is 9.90. The molecule has 1 aliphatic rings. The number of primary amides is 1. The maximum Gasteiger partial charge on any atom is 0.324 e. The number of amides is 1. The highest BCUT2D eigenvalue weighted by molar-refractivity contribution is 5.83. The fourth-order valence-electron chi connectivity index (χ4n) is 2.69. The first-order valence-electron chi connectivity index (χ1n) is 5.79. The summed E-state index contributed by atoms with van der Waals surface area (Å²) in [5.74, 6) is -1.27. The molecule has 16 heavy (non-hydrogen) atoms. The molecule has 0 bridgehead atoms. The third-order valence-electron chi connectivity index (χ3n) is 3.61. The Kier molecular flexibility index (Phi) is 3.91. The topological polar surface area (TPSA) is 83.6 Å². The van der Waals surface area contributed by atoms with Crippen molar-refractivity contribution in [3.05, 3.63) is 0 Å². The first-order chi connectivity index (χ1) is 7.49. The van der Waals surface area contributed by atoms with Gasteiger partial charge < -0.3 is 10.8 Å². The van der Waals surface area contributed by atoms with Crippen LogP contribution in [0.1, 0.15) is 39.5 Å². The number of likely N-dealkylation sites (tertiary alicyclic amines) is 1. The molecule has 0 aromatic carbocycles. The monoisotopic (exact) mass is 228 g/mol. The number of hydrogen-bond acceptors (Lipinski definition) is 3. The fourth-order valence-corrected chi connectivity index (χ4v) is 2.69. The van der Waals surface area contributed by atoms with Crippen molar-refractivity contribution in [3.63, 3.8) is 0 Å². The Morgan fingerprint density at radius 1 is 1.50 bits per heavy atom. The average Bonchev–Trinajstić information content (AvgIpc) is 2.63. The smallest absolute Gasteiger partial charge is 0.324 e. The van der Waals surface area contributed by atoms with Crippen molar-refractivity contribution in [1.29, 1.82) is 0 Å². The molecule has 1 heterocycles. The molecule has 5 heteroatoms. The van der Waals surface area contributed by atoms with Crippen LogP contribution in [-0.2, 0) is 9.59 Å². The van der Waals surface area contributed by atoms with E-state index < -0.39 is 23.5 Å². The van der Waals surface area contributed by atoms with E-state index in [2.05, 4.69) is 0 Å². The standard InChI is InChI=1S/C11H20N2O3/c1-3-8(9(12)14)13-7-5-6-11(13,4-2)10(15)16/h8H,3-7H2,1-2H3,(H2,12,14)(H,15,16). The van der Waals surface area contributed by atoms with Crippen LogP contribution >= 0.6 is 0 Å². The van der Waals surface area contributed by atoms with Crippen molar-refractivity contribution in [2.24, 2.45) is 5.73 Å². The SMILES string of the molecule is CCC(C(N)=O)N1CCCC1(CC)C(=O)O. The van der Waals surface area contributed by atoms with E-state index in [4.69, 9.17) is 5.73 Å². The Labute approximate surface area is 95.6 Å². The first kappa shape index (κ1) is 13.0. The van der Waals surface area contributed by atoms with E-state index >= 15 is 0 Å². The molecule has 1 amide bonds. The van der Waals surface area contributed by atoms with Crippen LogP contribution in [0, 0.1) is 0 Å². The largest absolute Gasteiger partial charge is 0.480 e. The van der Waals surface area contributed by atoms with Gasteiger partial charge in [0.05, 0.1) is 6.04 Å². The number of rotatable bonds is 5. The van der Waals surface area contributed by atoms with Gasteiger partial charge in [0, 0.05) is 6.54 Å². The number of carboxylic acid groups (broad SMARTS) is 1. The highest BCUT2D eigenvalue weighted by Crippen LogP contribution is 2.35. The van der Waals surface area contributed by atoms with Gasteiger partial charge in [-0.1, -0.05) is 13.8 Å². The molecule has 3 N–H and O–H groups in total. The maximum absolute atomic E-state index is 11.4. The van der Waals surface area contributed by atoms with Crippen molar-refractivity contribution < 1.29 is 14.7 Å². The van der Waals surface area contributed by atoms with Gasteiger partial charge in [0.25, 0.3) is 0 Å². The normalized spacial score (nSPS) is 27.9. The number of carbonyl (C=O) groups is 2. The minimum absolute atomic E-state index is 0.427. The summed E-state index contributed by atoms with van der Waals surface area (Å²) in [7, 11) is 0. The summed E-state index contributed by atoms with van der Waals surface area (Å²) in [5, 5.41) is 9.37. The van der Waals surface area contributed by atoms with Crippen LogP contribution in [0.5, 0.6) is 0 Å². The van der Waals surface area contributed by atoms with Crippen LogP contribution in [0.15, 0.2) is 0 Å². The zero-order chi connectivity index (χ0) is 12.3. The highest BCUT2D eigenvalue weighted by Gasteiger charge is 2.49. The molecule has 5 nitrogen and oxygen atoms in total. The van der Waals surface area contributed by atoms with Gasteiger partial charge in [-0.05, 0) is 25.7 Å². The van der Waals surface area contributed by atoms with Gasteiger partial charge in [-0.2, -0.15) is 0 Å². The molecule has 0 aromatic heterocycles. The van der Waals surface area contributed by atoms with Crippen molar-refractivity contribution in [2.45, 2.75) is 51.1 Å². The van der Waals surface area contributed by atoms with Gasteiger partial charge in [0.2, 0.25) is 5.91 Å². The summed E-state index contributed by atoms with van der Waals surface area (Å²) in [6, 6.07) is -0.460. The molecule has 1 aliphatic heterocycles. The zero-order valence-corrected chi connectivity index (χ0v) is 9.90. The van der Waals surface area contributed by atoms with Crippen LogP contribution in [0.2, 0.25) is 0 Å². The predicted molar refractivity (Wildman–Crippen MR) is 59.9 cm³/mol. The number of carboxylic acids is 1. The van der Waals surface area contributed by atoms with Gasteiger partial charge in [-0.15, -0.1) is 0 Å². The van der Waals surface area contributed by atoms with Crippen LogP contribution < -0.4 is 5.73 Å². The molecule has 0 aromatic rings. The van der Waals surface area contributed by atoms with E-state index in [0.29, 0.717) is 25.8 Å². The second-order valence-electron chi connectivity index (χ2n) is 4.31. The average molecular weight is 228 g/mol. The number of aliphatic carboxylic acids is 1. The second-order valence-corrected chi connectivity index (χ2v) is 4.31. The quantitative estimate of drug-likeness (QED) is 0.721. The number of nitrogens with zero attached hydrogens (tertiary/aromatic N) is 1. The van der Waals surface area contributed by atoms with Crippen LogP contribution in [0.3, 0.4) is 0 Å². The third kappa shape index (κ3) is 1.91. The minimum Gasteiger partial charge on any atom is -0.480 e. The second kappa shape index (κ2) is 4.82. The molecule has 1 fully saturated rings. The van der Waals surface area contributed by atoms with E-state index in [1.165, 1.54) is 0 Å². The van der Waals surface area contributed by atoms with Crippen LogP contribution in [0.25, 0.3) is 0 Å². The van der Waals surface area contributed by atoms with Gasteiger partial charge in [-0.3, -0.25) is 14.5 Å². The molecule has 1 rings (SSSR count). The molecule has 2 unspecified atom stereocenters. The molecule has 1 saturated heterocycles. The van der Waals surface area contributed by atoms with Crippen molar-refractivity contribution >= 4 is 11.9 Å². The summed E-state index contributed by atoms with van der Waals surface area (Å²) in [4.78, 5) is 24.5. The van der Waals surface area contributed by atoms with Gasteiger partial charge in [-0.25, -0.2) is 0 Å². The molecule has 92 valence electrons. The Morgan fingerprint density at radius 2 is 2.12 bits per heavy atom. The summed E-state index contributed by atoms with van der Waals surface area (Å²) >= 11 is 0. The van der Waals surface area contributed by atoms with E-state index in [0.717, 1.165) is 6.42 Å². The third-order valence-corrected chi connectivity index (χ3v) is 3.61. The fraction of sp³-hybridized carbons (Fsp3) is 0.818. The van der Waals surface area contributed by atoms with Crippen molar-refractivity contribution in [1.82, 2.24) is 4.90 Å². The lowest BCUT2D eigenvalue weighted by Crippen LogP contribution is -2.57. The van der Waals surface area contributed by atoms with E-state index in [1.54, 1.807) is 4.90 Å². The van der Waals surface area contributed by atoms with Crippen LogP contribution in [0.4, 0.5) is 0 Å². The van der Waals surface area contributed by atoms with E-state index in [1.807, 2.05) is 13.8 Å². The lowest BCUT2D eigenvalue weighted by Gasteiger charge is -2.37. The number of nitrogens with two attached hydrogens (primary N) is 1. The molecule has 0 aliphatic carbocycles. The number of hydrogen-bond donors (Lipinski definition) is 2. The lowest BCUT2D eigenvalue weighted by atomic mass is 9.91. The summed E-state index contributed by atoms with van der Waals surface area (Å²) in [6.07, 6.45) is 2.48. The summed E-state index contributed by atoms with van der Waals surface area (Å²) < 4.78 is 0. The van der Waals surface area contributed by atoms with E-state index in [-0.39, 0.29) is 0 Å². The molecule has 0 spiro atoms. The van der Waals surface area contributed by atoms with Crippen molar-refractivity contribution in [3.8, 4) is 0 Å². The molecule has 0 radical (unpaired) electrons. The molecule has 2 atom stereocenters. The minimum atomic E-state index is -0.893. The first-order valence-corrected chi connectivity index (χ1v) is 5.79. The summed E-state index contributed by atoms with van der Waals surface area (Å²) in [5.41, 5.74) is 4.44. The predicted octanol–water partition coefficient (Wildman–Crippen LogP) is 0.579. The number of carbonyl (C=O) groups excluding carboxylic acids is 1. The Morgan fingerprint density at radius 3 is 2.50 bits per heavy atom. The van der Waals surface area contributed by atoms with Crippen molar-refractivity contribution in [2.75, 3.05) is 6.54 Å². The van der Waals surface area contributed by atoms with Gasteiger partial charge >= 0.3 is 5.97 Å². The van der Waals surface area contributed by atoms with Crippen LogP contribution in [-0.4, -0.2) is 40.0 Å². The molecule has 0 saturated carbocycles. The highest BCUT2D eigenvalue weighted by atomic mass is 16.4. The van der Waals surface area contributed by atoms with Gasteiger partial charge in [0.15, 0.2) is 0 Å². The van der Waals surface area contributed by atoms with Gasteiger partial charge in [0.1, 0.15) is 5.54 Å². The molecular formula is C11H20N2O3. The van der Waals surface area contributed by atoms with E-state index in [9.17, 15) is 14.7 Å². The summed E-state index contributed by atoms with van der Waals surface area (Å²) in [6.45, 7) is 4.34. The lowest BCUT2D eigenvalue weighted by molar-refractivity contribution is -0.152. The maximum atomic E-state index is 11.4. The Balaban J connectivity index is 3.01. The molecular weight excluding hydrogens is 208 g/mol. The Hall–Kier alpha value is -1.10.